The van der Waals surface area contributed by atoms with E-state index in [2.05, 4.69) is 0 Å². The third kappa shape index (κ3) is 6.00. The minimum absolute atomic E-state index is 0.527. The Morgan fingerprint density at radius 2 is 1.08 bits per heavy atom. The Morgan fingerprint density at radius 1 is 0.640 bits per heavy atom. The topological polar surface area (TPSA) is 101 Å². The van der Waals surface area contributed by atoms with Gasteiger partial charge in [-0.15, -0.1) is 23.5 Å². The maximum absolute atomic E-state index is 10.6. The van der Waals surface area contributed by atoms with Crippen molar-refractivity contribution in [2.24, 2.45) is 0 Å². The largest absolute Gasteiger partial charge is 0.394 e. The van der Waals surface area contributed by atoms with Crippen LogP contribution >= 0.6 is 23.5 Å². The third-order valence-electron chi connectivity index (χ3n) is 3.55. The molecule has 2 aromatic rings. The number of hydrogen-bond acceptors (Lipinski definition) is 7. The van der Waals surface area contributed by atoms with Crippen LogP contribution in [-0.4, -0.2) is 61.1 Å². The van der Waals surface area contributed by atoms with Gasteiger partial charge in [0.15, 0.2) is 0 Å². The standard InChI is InChI=1S/C18H22O5S2/c19-11-14(20)15(21)16(22)17(23)18(24-12-7-3-1-4-8-12)25-13-9-5-2-6-10-13/h1-10,14-23H,11H2/t14-,15-,16+,17+/m0/s1. The molecule has 0 aliphatic rings. The molecule has 0 aromatic heterocycles. The predicted molar refractivity (Wildman–Crippen MR) is 99.5 cm³/mol. The van der Waals surface area contributed by atoms with Gasteiger partial charge in [-0.25, -0.2) is 0 Å². The van der Waals surface area contributed by atoms with Crippen molar-refractivity contribution < 1.29 is 25.5 Å². The Morgan fingerprint density at radius 3 is 1.48 bits per heavy atom. The molecular weight excluding hydrogens is 360 g/mol. The highest BCUT2D eigenvalue weighted by Gasteiger charge is 2.35. The van der Waals surface area contributed by atoms with Gasteiger partial charge in [0.1, 0.15) is 24.4 Å². The van der Waals surface area contributed by atoms with Crippen LogP contribution in [0.15, 0.2) is 70.5 Å². The Labute approximate surface area is 155 Å². The lowest BCUT2D eigenvalue weighted by atomic mass is 10.0. The van der Waals surface area contributed by atoms with Gasteiger partial charge in [-0.3, -0.25) is 0 Å². The summed E-state index contributed by atoms with van der Waals surface area (Å²) in [6.07, 6.45) is -6.09. The fourth-order valence-corrected chi connectivity index (χ4v) is 4.75. The normalized spacial score (nSPS) is 16.4. The molecule has 5 nitrogen and oxygen atoms in total. The van der Waals surface area contributed by atoms with E-state index in [0.29, 0.717) is 0 Å². The van der Waals surface area contributed by atoms with Gasteiger partial charge < -0.3 is 25.5 Å². The van der Waals surface area contributed by atoms with Gasteiger partial charge in [-0.1, -0.05) is 36.4 Å². The molecule has 7 heteroatoms. The highest BCUT2D eigenvalue weighted by atomic mass is 32.2. The van der Waals surface area contributed by atoms with E-state index in [1.807, 2.05) is 60.7 Å². The van der Waals surface area contributed by atoms with Gasteiger partial charge in [-0.2, -0.15) is 0 Å². The Bertz CT molecular complexity index is 572. The smallest absolute Gasteiger partial charge is 0.111 e. The van der Waals surface area contributed by atoms with Gasteiger partial charge in [0.25, 0.3) is 0 Å². The maximum Gasteiger partial charge on any atom is 0.111 e. The second kappa shape index (κ2) is 10.2. The highest BCUT2D eigenvalue weighted by molar-refractivity contribution is 8.17. The van der Waals surface area contributed by atoms with Crippen molar-refractivity contribution >= 4 is 23.5 Å². The van der Waals surface area contributed by atoms with Crippen LogP contribution in [0.3, 0.4) is 0 Å². The first kappa shape index (κ1) is 20.3. The van der Waals surface area contributed by atoms with Crippen molar-refractivity contribution in [3.05, 3.63) is 60.7 Å². The summed E-state index contributed by atoms with van der Waals surface area (Å²) >= 11 is 2.71. The molecule has 0 radical (unpaired) electrons. The fourth-order valence-electron chi connectivity index (χ4n) is 2.13. The zero-order valence-electron chi connectivity index (χ0n) is 13.4. The number of rotatable bonds is 9. The van der Waals surface area contributed by atoms with Crippen LogP contribution in [0.5, 0.6) is 0 Å². The molecule has 5 N–H and O–H groups in total. The molecule has 4 atom stereocenters. The van der Waals surface area contributed by atoms with E-state index >= 15 is 0 Å². The molecular formula is C18H22O5S2. The van der Waals surface area contributed by atoms with Gasteiger partial charge in [-0.05, 0) is 24.3 Å². The molecule has 0 saturated heterocycles. The fraction of sp³-hybridized carbons (Fsp3) is 0.333. The molecule has 0 amide bonds. The van der Waals surface area contributed by atoms with E-state index in [1.54, 1.807) is 0 Å². The van der Waals surface area contributed by atoms with Crippen molar-refractivity contribution in [3.63, 3.8) is 0 Å². The molecule has 0 aliphatic carbocycles. The van der Waals surface area contributed by atoms with Crippen LogP contribution in [0.1, 0.15) is 0 Å². The predicted octanol–water partition coefficient (Wildman–Crippen LogP) is 1.33. The van der Waals surface area contributed by atoms with Crippen LogP contribution in [0.4, 0.5) is 0 Å². The van der Waals surface area contributed by atoms with Gasteiger partial charge in [0, 0.05) is 9.79 Å². The maximum atomic E-state index is 10.6. The van der Waals surface area contributed by atoms with Gasteiger partial charge >= 0.3 is 0 Å². The lowest BCUT2D eigenvalue weighted by molar-refractivity contribution is -0.111. The lowest BCUT2D eigenvalue weighted by Gasteiger charge is -2.30. The summed E-state index contributed by atoms with van der Waals surface area (Å²) in [5.74, 6) is 0. The minimum Gasteiger partial charge on any atom is -0.394 e. The zero-order valence-corrected chi connectivity index (χ0v) is 15.1. The summed E-state index contributed by atoms with van der Waals surface area (Å²) in [4.78, 5) is 1.80. The molecule has 2 rings (SSSR count). The Balaban J connectivity index is 2.17. The Hall–Kier alpha value is -1.06. The molecule has 2 aromatic carbocycles. The summed E-state index contributed by atoms with van der Waals surface area (Å²) < 4.78 is -0.527. The number of aliphatic hydroxyl groups is 5. The number of benzene rings is 2. The van der Waals surface area contributed by atoms with Crippen LogP contribution in [0, 0.1) is 0 Å². The molecule has 0 unspecified atom stereocenters. The molecule has 0 bridgehead atoms. The van der Waals surface area contributed by atoms with Gasteiger partial charge in [0.05, 0.1) is 11.2 Å². The number of thioether (sulfide) groups is 2. The van der Waals surface area contributed by atoms with Crippen molar-refractivity contribution in [1.29, 1.82) is 0 Å². The second-order valence-corrected chi connectivity index (χ2v) is 8.18. The summed E-state index contributed by atoms with van der Waals surface area (Å²) in [6, 6.07) is 18.8. The Kier molecular flexibility index (Phi) is 8.25. The molecule has 0 saturated carbocycles. The van der Waals surface area contributed by atoms with Crippen LogP contribution < -0.4 is 0 Å². The minimum atomic E-state index is -1.64. The first-order chi connectivity index (χ1) is 12.0. The highest BCUT2D eigenvalue weighted by Crippen LogP contribution is 2.38. The van der Waals surface area contributed by atoms with Crippen molar-refractivity contribution in [2.75, 3.05) is 6.61 Å². The van der Waals surface area contributed by atoms with E-state index in [1.165, 1.54) is 23.5 Å². The third-order valence-corrected chi connectivity index (χ3v) is 6.24. The molecule has 0 aliphatic heterocycles. The molecule has 0 spiro atoms. The van der Waals surface area contributed by atoms with Crippen LogP contribution in [-0.2, 0) is 0 Å². The molecule has 136 valence electrons. The molecule has 0 heterocycles. The average Bonchev–Trinajstić information content (AvgIpc) is 2.66. The van der Waals surface area contributed by atoms with E-state index in [9.17, 15) is 20.4 Å². The second-order valence-electron chi connectivity index (χ2n) is 5.45. The zero-order chi connectivity index (χ0) is 18.2. The number of aliphatic hydroxyl groups excluding tert-OH is 5. The van der Waals surface area contributed by atoms with Crippen LogP contribution in [0.25, 0.3) is 0 Å². The summed E-state index contributed by atoms with van der Waals surface area (Å²) in [6.45, 7) is -0.701. The molecule has 0 fully saturated rings. The van der Waals surface area contributed by atoms with E-state index < -0.39 is 35.6 Å². The number of hydrogen-bond donors (Lipinski definition) is 5. The van der Waals surface area contributed by atoms with Crippen molar-refractivity contribution in [3.8, 4) is 0 Å². The van der Waals surface area contributed by atoms with Crippen molar-refractivity contribution in [2.45, 2.75) is 38.8 Å². The first-order valence-corrected chi connectivity index (χ1v) is 9.55. The SMILES string of the molecule is OC[C@H](O)[C@H](O)[C@@H](O)[C@@H](O)C(Sc1ccccc1)Sc1ccccc1. The monoisotopic (exact) mass is 382 g/mol. The summed E-state index contributed by atoms with van der Waals surface area (Å²) in [5.41, 5.74) is 0. The lowest BCUT2D eigenvalue weighted by Crippen LogP contribution is -2.48. The van der Waals surface area contributed by atoms with Crippen molar-refractivity contribution in [1.82, 2.24) is 0 Å². The van der Waals surface area contributed by atoms with E-state index in [4.69, 9.17) is 5.11 Å². The van der Waals surface area contributed by atoms with Crippen LogP contribution in [0.2, 0.25) is 0 Å². The van der Waals surface area contributed by atoms with Gasteiger partial charge in [0.2, 0.25) is 0 Å². The molecule has 25 heavy (non-hydrogen) atoms. The first-order valence-electron chi connectivity index (χ1n) is 7.79. The summed E-state index contributed by atoms with van der Waals surface area (Å²) in [5, 5.41) is 49.1. The van der Waals surface area contributed by atoms with E-state index in [-0.39, 0.29) is 0 Å². The summed E-state index contributed by atoms with van der Waals surface area (Å²) in [7, 11) is 0. The quantitative estimate of drug-likeness (QED) is 0.329. The van der Waals surface area contributed by atoms with E-state index in [0.717, 1.165) is 9.79 Å². The average molecular weight is 383 g/mol.